The largest absolute Gasteiger partial charge is 0.440 e. The molecule has 0 aliphatic carbocycles. The number of hydrogen-bond donors (Lipinski definition) is 2. The monoisotopic (exact) mass is 444 g/mol. The Hall–Kier alpha value is -2.82. The van der Waals surface area contributed by atoms with Crippen LogP contribution in [0.25, 0.3) is 0 Å². The Bertz CT molecular complexity index is 778. The van der Waals surface area contributed by atoms with Gasteiger partial charge < -0.3 is 25.2 Å². The number of likely N-dealkylation sites (tertiary alicyclic amines) is 1. The van der Waals surface area contributed by atoms with Crippen molar-refractivity contribution in [3.05, 3.63) is 29.8 Å². The first kappa shape index (κ1) is 24.4. The van der Waals surface area contributed by atoms with Gasteiger partial charge in [-0.1, -0.05) is 6.07 Å². The van der Waals surface area contributed by atoms with E-state index in [9.17, 15) is 27.6 Å². The van der Waals surface area contributed by atoms with E-state index in [-0.39, 0.29) is 24.9 Å². The van der Waals surface area contributed by atoms with E-state index < -0.39 is 24.8 Å². The third kappa shape index (κ3) is 8.44. The number of alkyl halides is 3. The summed E-state index contributed by atoms with van der Waals surface area (Å²) in [5.74, 6) is -0.915. The van der Waals surface area contributed by atoms with Crippen LogP contribution in [-0.2, 0) is 9.53 Å². The van der Waals surface area contributed by atoms with E-state index in [1.807, 2.05) is 19.0 Å². The zero-order valence-electron chi connectivity index (χ0n) is 17.5. The lowest BCUT2D eigenvalue weighted by Crippen LogP contribution is -2.42. The highest BCUT2D eigenvalue weighted by atomic mass is 19.4. The van der Waals surface area contributed by atoms with Crippen LogP contribution in [0, 0.1) is 5.92 Å². The molecule has 1 fully saturated rings. The lowest BCUT2D eigenvalue weighted by atomic mass is 9.96. The van der Waals surface area contributed by atoms with Crippen molar-refractivity contribution >= 4 is 23.6 Å². The summed E-state index contributed by atoms with van der Waals surface area (Å²) in [6.45, 7) is -0.186. The highest BCUT2D eigenvalue weighted by Crippen LogP contribution is 2.22. The predicted octanol–water partition coefficient (Wildman–Crippen LogP) is 2.33. The molecule has 31 heavy (non-hydrogen) atoms. The molecular weight excluding hydrogens is 417 g/mol. The molecule has 0 spiro atoms. The molecule has 0 atom stereocenters. The van der Waals surface area contributed by atoms with Crippen LogP contribution in [-0.4, -0.2) is 80.8 Å². The number of carbonyl (C=O) groups excluding carboxylic acids is 3. The number of carbonyl (C=O) groups is 3. The molecule has 0 unspecified atom stereocenters. The number of likely N-dealkylation sites (N-methyl/N-ethyl adjacent to an activating group) is 1. The topological polar surface area (TPSA) is 91.0 Å². The lowest BCUT2D eigenvalue weighted by molar-refractivity contribution is -0.162. The van der Waals surface area contributed by atoms with Gasteiger partial charge in [-0.15, -0.1) is 0 Å². The van der Waals surface area contributed by atoms with Crippen molar-refractivity contribution in [2.24, 2.45) is 5.92 Å². The predicted molar refractivity (Wildman–Crippen MR) is 108 cm³/mol. The number of amides is 3. The normalized spacial score (nSPS) is 15.0. The summed E-state index contributed by atoms with van der Waals surface area (Å²) in [5.41, 5.74) is 0.885. The second kappa shape index (κ2) is 11.0. The number of rotatable bonds is 7. The van der Waals surface area contributed by atoms with E-state index in [4.69, 9.17) is 0 Å². The minimum atomic E-state index is -4.58. The van der Waals surface area contributed by atoms with Gasteiger partial charge in [-0.2, -0.15) is 13.2 Å². The highest BCUT2D eigenvalue weighted by Gasteiger charge is 2.33. The summed E-state index contributed by atoms with van der Waals surface area (Å²) in [5, 5.41) is 5.56. The lowest BCUT2D eigenvalue weighted by Gasteiger charge is -2.30. The molecule has 1 aliphatic rings. The fourth-order valence-corrected chi connectivity index (χ4v) is 3.04. The number of hydrogen-bond acceptors (Lipinski definition) is 5. The van der Waals surface area contributed by atoms with Gasteiger partial charge in [-0.05, 0) is 45.1 Å². The molecule has 0 saturated carbocycles. The summed E-state index contributed by atoms with van der Waals surface area (Å²) in [7, 11) is 3.80. The molecule has 1 aromatic rings. The Morgan fingerprint density at radius 1 is 1.19 bits per heavy atom. The van der Waals surface area contributed by atoms with Crippen molar-refractivity contribution in [1.29, 1.82) is 0 Å². The van der Waals surface area contributed by atoms with Gasteiger partial charge >= 0.3 is 12.3 Å². The summed E-state index contributed by atoms with van der Waals surface area (Å²) < 4.78 is 40.7. The van der Waals surface area contributed by atoms with Gasteiger partial charge in [0.1, 0.15) is 0 Å². The van der Waals surface area contributed by atoms with Crippen LogP contribution in [0.2, 0.25) is 0 Å². The Balaban J connectivity index is 1.82. The Morgan fingerprint density at radius 2 is 1.87 bits per heavy atom. The fraction of sp³-hybridized carbons (Fsp3) is 0.550. The SMILES string of the molecule is CN(C)CCNC(=O)c1cccc(NC(=O)C2CCN(C(=O)OCC(F)(F)F)CC2)c1. The molecule has 0 radical (unpaired) electrons. The van der Waals surface area contributed by atoms with Crippen molar-refractivity contribution in [3.63, 3.8) is 0 Å². The van der Waals surface area contributed by atoms with Crippen LogP contribution in [0.1, 0.15) is 23.2 Å². The van der Waals surface area contributed by atoms with Gasteiger partial charge in [0.25, 0.3) is 5.91 Å². The van der Waals surface area contributed by atoms with E-state index >= 15 is 0 Å². The van der Waals surface area contributed by atoms with Crippen molar-refractivity contribution in [3.8, 4) is 0 Å². The molecule has 1 saturated heterocycles. The number of halogens is 3. The van der Waals surface area contributed by atoms with Gasteiger partial charge in [0.05, 0.1) is 0 Å². The van der Waals surface area contributed by atoms with Gasteiger partial charge in [0, 0.05) is 43.3 Å². The van der Waals surface area contributed by atoms with Gasteiger partial charge in [0.2, 0.25) is 5.91 Å². The van der Waals surface area contributed by atoms with E-state index in [2.05, 4.69) is 15.4 Å². The van der Waals surface area contributed by atoms with Crippen molar-refractivity contribution in [2.45, 2.75) is 19.0 Å². The molecule has 3 amide bonds. The summed E-state index contributed by atoms with van der Waals surface area (Å²) in [4.78, 5) is 39.5. The zero-order chi connectivity index (χ0) is 23.0. The molecule has 11 heteroatoms. The average molecular weight is 444 g/mol. The molecule has 1 aliphatic heterocycles. The number of nitrogens with one attached hydrogen (secondary N) is 2. The van der Waals surface area contributed by atoms with Crippen LogP contribution < -0.4 is 10.6 Å². The average Bonchev–Trinajstić information content (AvgIpc) is 2.71. The number of benzene rings is 1. The van der Waals surface area contributed by atoms with Crippen LogP contribution in [0.5, 0.6) is 0 Å². The molecule has 2 N–H and O–H groups in total. The molecule has 8 nitrogen and oxygen atoms in total. The third-order valence-corrected chi connectivity index (χ3v) is 4.72. The van der Waals surface area contributed by atoms with Crippen LogP contribution in [0.15, 0.2) is 24.3 Å². The first-order valence-corrected chi connectivity index (χ1v) is 9.87. The second-order valence-electron chi connectivity index (χ2n) is 7.56. The maximum Gasteiger partial charge on any atom is 0.422 e. The minimum absolute atomic E-state index is 0.128. The molecule has 1 aromatic carbocycles. The number of piperidine rings is 1. The summed E-state index contributed by atoms with van der Waals surface area (Å²) >= 11 is 0. The standard InChI is InChI=1S/C20H27F3N4O4/c1-26(2)11-8-24-17(28)15-4-3-5-16(12-15)25-18(29)14-6-9-27(10-7-14)19(30)31-13-20(21,22)23/h3-5,12,14H,6-11,13H2,1-2H3,(H,24,28)(H,25,29). The number of ether oxygens (including phenoxy) is 1. The minimum Gasteiger partial charge on any atom is -0.440 e. The molecule has 172 valence electrons. The van der Waals surface area contributed by atoms with Crippen molar-refractivity contribution in [1.82, 2.24) is 15.1 Å². The first-order chi connectivity index (χ1) is 14.5. The Kier molecular flexibility index (Phi) is 8.66. The summed E-state index contributed by atoms with van der Waals surface area (Å²) in [6, 6.07) is 6.55. The van der Waals surface area contributed by atoms with Gasteiger partial charge in [-0.3, -0.25) is 9.59 Å². The molecule has 2 rings (SSSR count). The van der Waals surface area contributed by atoms with Crippen LogP contribution in [0.3, 0.4) is 0 Å². The van der Waals surface area contributed by atoms with Gasteiger partial charge in [-0.25, -0.2) is 4.79 Å². The molecule has 1 heterocycles. The van der Waals surface area contributed by atoms with E-state index in [0.717, 1.165) is 4.90 Å². The third-order valence-electron chi connectivity index (χ3n) is 4.72. The quantitative estimate of drug-likeness (QED) is 0.674. The maximum absolute atomic E-state index is 12.5. The van der Waals surface area contributed by atoms with E-state index in [1.165, 1.54) is 0 Å². The Morgan fingerprint density at radius 3 is 2.48 bits per heavy atom. The fourth-order valence-electron chi connectivity index (χ4n) is 3.04. The van der Waals surface area contributed by atoms with E-state index in [1.54, 1.807) is 24.3 Å². The first-order valence-electron chi connectivity index (χ1n) is 9.87. The molecular formula is C20H27F3N4O4. The molecule has 0 bridgehead atoms. The number of anilines is 1. The smallest absolute Gasteiger partial charge is 0.422 e. The summed E-state index contributed by atoms with van der Waals surface area (Å²) in [6.07, 6.45) is -5.01. The van der Waals surface area contributed by atoms with E-state index in [0.29, 0.717) is 37.2 Å². The molecule has 0 aromatic heterocycles. The number of nitrogens with zero attached hydrogens (tertiary/aromatic N) is 2. The Labute approximate surface area is 178 Å². The highest BCUT2D eigenvalue weighted by molar-refractivity contribution is 5.97. The second-order valence-corrected chi connectivity index (χ2v) is 7.56. The van der Waals surface area contributed by atoms with Crippen LogP contribution in [0.4, 0.5) is 23.7 Å². The van der Waals surface area contributed by atoms with Crippen molar-refractivity contribution < 1.29 is 32.3 Å². The zero-order valence-corrected chi connectivity index (χ0v) is 17.5. The van der Waals surface area contributed by atoms with Gasteiger partial charge in [0.15, 0.2) is 6.61 Å². The van der Waals surface area contributed by atoms with Crippen molar-refractivity contribution in [2.75, 3.05) is 52.2 Å². The maximum atomic E-state index is 12.5. The van der Waals surface area contributed by atoms with Crippen LogP contribution >= 0.6 is 0 Å².